The van der Waals surface area contributed by atoms with Crippen molar-refractivity contribution in [1.29, 1.82) is 0 Å². The molecule has 0 saturated carbocycles. The van der Waals surface area contributed by atoms with E-state index in [0.717, 1.165) is 9.79 Å². The third-order valence-electron chi connectivity index (χ3n) is 1.51. The molecular weight excluding hydrogens is 256 g/mol. The summed E-state index contributed by atoms with van der Waals surface area (Å²) in [5.41, 5.74) is 0. The minimum Gasteiger partial charge on any atom is -0.197 e. The van der Waals surface area contributed by atoms with Crippen LogP contribution >= 0.6 is 25.3 Å². The van der Waals surface area contributed by atoms with E-state index in [1.54, 1.807) is 0 Å². The number of rotatable bonds is 0. The predicted octanol–water partition coefficient (Wildman–Crippen LogP) is 3.61. The highest BCUT2D eigenvalue weighted by Crippen LogP contribution is 2.01. The van der Waals surface area contributed by atoms with Gasteiger partial charge < -0.3 is 0 Å². The Bertz CT molecular complexity index is 327. The molecule has 0 heterocycles. The summed E-state index contributed by atoms with van der Waals surface area (Å²) in [4.78, 5) is 2.03. The van der Waals surface area contributed by atoms with Crippen molar-refractivity contribution in [2.45, 2.75) is 9.79 Å². The van der Waals surface area contributed by atoms with Crippen molar-refractivity contribution in [3.05, 3.63) is 60.7 Å². The Kier molecular flexibility index (Phi) is 10.1. The maximum Gasteiger partial charge on any atom is 0.197 e. The van der Waals surface area contributed by atoms with Gasteiger partial charge in [-0.2, -0.15) is 4.21 Å². The molecule has 2 rings (SSSR count). The van der Waals surface area contributed by atoms with Crippen LogP contribution in [0.2, 0.25) is 0 Å². The quantitative estimate of drug-likeness (QED) is 0.710. The number of hydrogen-bond donors (Lipinski definition) is 2. The summed E-state index contributed by atoms with van der Waals surface area (Å²) in [6, 6.07) is 19.6. The van der Waals surface area contributed by atoms with E-state index >= 15 is 0 Å². The van der Waals surface area contributed by atoms with Crippen molar-refractivity contribution in [3.63, 3.8) is 0 Å². The van der Waals surface area contributed by atoms with Crippen molar-refractivity contribution >= 4 is 37.8 Å². The molecule has 0 bridgehead atoms. The molecule has 0 N–H and O–H groups in total. The average molecular weight is 268 g/mol. The molecule has 2 aromatic rings. The Morgan fingerprint density at radius 3 is 1.00 bits per heavy atom. The highest BCUT2D eigenvalue weighted by Gasteiger charge is 1.73. The first kappa shape index (κ1) is 15.2. The number of benzene rings is 2. The molecule has 16 heavy (non-hydrogen) atoms. The van der Waals surface area contributed by atoms with Crippen LogP contribution < -0.4 is 0 Å². The van der Waals surface area contributed by atoms with Gasteiger partial charge in [-0.05, 0) is 24.3 Å². The van der Waals surface area contributed by atoms with Gasteiger partial charge in [0.1, 0.15) is 0 Å². The van der Waals surface area contributed by atoms with Gasteiger partial charge >= 0.3 is 0 Å². The van der Waals surface area contributed by atoms with Crippen LogP contribution in [-0.4, -0.2) is 4.21 Å². The lowest BCUT2D eigenvalue weighted by molar-refractivity contribution is 0.702. The monoisotopic (exact) mass is 268 g/mol. The van der Waals surface area contributed by atoms with Gasteiger partial charge in [0.2, 0.25) is 0 Å². The minimum atomic E-state index is 1.02. The molecule has 4 heteroatoms. The summed E-state index contributed by atoms with van der Waals surface area (Å²) in [6.45, 7) is 0. The van der Waals surface area contributed by atoms with Gasteiger partial charge in [-0.15, -0.1) is 25.3 Å². The topological polar surface area (TPSA) is 17.1 Å². The van der Waals surface area contributed by atoms with Crippen LogP contribution in [0, 0.1) is 0 Å². The van der Waals surface area contributed by atoms with Crippen LogP contribution in [-0.2, 0) is 12.5 Å². The molecule has 0 spiro atoms. The summed E-state index contributed by atoms with van der Waals surface area (Å²) in [5, 5.41) is 0. The highest BCUT2D eigenvalue weighted by atomic mass is 32.1. The molecular formula is C12H12OS3. The predicted molar refractivity (Wildman–Crippen MR) is 75.5 cm³/mol. The average Bonchev–Trinajstić information content (AvgIpc) is 2.34. The summed E-state index contributed by atoms with van der Waals surface area (Å²) >= 11 is 11.0. The maximum atomic E-state index is 7.83. The summed E-state index contributed by atoms with van der Waals surface area (Å²) in [5.74, 6) is 0. The zero-order valence-electron chi connectivity index (χ0n) is 8.48. The third-order valence-corrected chi connectivity index (χ3v) is 2.11. The van der Waals surface area contributed by atoms with E-state index in [-0.39, 0.29) is 0 Å². The Labute approximate surface area is 112 Å². The molecule has 0 radical (unpaired) electrons. The van der Waals surface area contributed by atoms with Gasteiger partial charge in [-0.1, -0.05) is 36.4 Å². The molecule has 0 atom stereocenters. The van der Waals surface area contributed by atoms with Crippen molar-refractivity contribution in [2.75, 3.05) is 0 Å². The van der Waals surface area contributed by atoms with Gasteiger partial charge in [-0.25, -0.2) is 0 Å². The first-order valence-electron chi connectivity index (χ1n) is 4.44. The molecule has 1 nitrogen and oxygen atoms in total. The fraction of sp³-hybridized carbons (Fsp3) is 0. The van der Waals surface area contributed by atoms with E-state index < -0.39 is 0 Å². The molecule has 2 aromatic carbocycles. The standard InChI is InChI=1S/2C6H6S.OS/c2*7-6-4-2-1-3-5-6;1-2/h2*1-5,7H;. The molecule has 0 unspecified atom stereocenters. The normalized spacial score (nSPS) is 7.88. The Morgan fingerprint density at radius 2 is 0.875 bits per heavy atom. The largest absolute Gasteiger partial charge is 0.197 e. The van der Waals surface area contributed by atoms with E-state index in [0.29, 0.717) is 0 Å². The Morgan fingerprint density at radius 1 is 0.625 bits per heavy atom. The summed E-state index contributed by atoms with van der Waals surface area (Å²) < 4.78 is 7.83. The van der Waals surface area contributed by atoms with E-state index in [9.17, 15) is 0 Å². The molecule has 0 aromatic heterocycles. The maximum absolute atomic E-state index is 7.83. The minimum absolute atomic E-state index is 1.02. The zero-order valence-corrected chi connectivity index (χ0v) is 11.1. The Balaban J connectivity index is 0.000000244. The van der Waals surface area contributed by atoms with Gasteiger partial charge in [-0.3, -0.25) is 0 Å². The molecule has 0 aliphatic rings. The van der Waals surface area contributed by atoms with Gasteiger partial charge in [0, 0.05) is 9.79 Å². The second kappa shape index (κ2) is 10.7. The van der Waals surface area contributed by atoms with Gasteiger partial charge in [0.15, 0.2) is 12.5 Å². The van der Waals surface area contributed by atoms with Crippen molar-refractivity contribution in [3.8, 4) is 0 Å². The van der Waals surface area contributed by atoms with E-state index in [2.05, 4.69) is 37.8 Å². The van der Waals surface area contributed by atoms with Crippen LogP contribution in [0.3, 0.4) is 0 Å². The highest BCUT2D eigenvalue weighted by molar-refractivity contribution is 7.80. The summed E-state index contributed by atoms with van der Waals surface area (Å²) in [7, 11) is 0. The second-order valence-electron chi connectivity index (χ2n) is 2.67. The Hall–Kier alpha value is -0.840. The molecule has 84 valence electrons. The molecule has 0 saturated heterocycles. The summed E-state index contributed by atoms with van der Waals surface area (Å²) in [6.07, 6.45) is 0. The van der Waals surface area contributed by atoms with Crippen LogP contribution in [0.15, 0.2) is 70.5 Å². The lowest BCUT2D eigenvalue weighted by atomic mass is 10.4. The van der Waals surface area contributed by atoms with Gasteiger partial charge in [0.25, 0.3) is 0 Å². The molecule has 0 fully saturated rings. The van der Waals surface area contributed by atoms with Crippen LogP contribution in [0.4, 0.5) is 0 Å². The smallest absolute Gasteiger partial charge is 0.197 e. The van der Waals surface area contributed by atoms with Crippen LogP contribution in [0.1, 0.15) is 0 Å². The van der Waals surface area contributed by atoms with Crippen molar-refractivity contribution in [2.24, 2.45) is 0 Å². The van der Waals surface area contributed by atoms with Crippen LogP contribution in [0.5, 0.6) is 0 Å². The first-order valence-corrected chi connectivity index (χ1v) is 5.66. The SMILES string of the molecule is O=S.Sc1ccccc1.Sc1ccccc1. The van der Waals surface area contributed by atoms with Gasteiger partial charge in [0.05, 0.1) is 0 Å². The lowest BCUT2D eigenvalue weighted by Crippen LogP contribution is -1.56. The zero-order chi connectivity index (χ0) is 12.2. The van der Waals surface area contributed by atoms with E-state index in [4.69, 9.17) is 4.21 Å². The van der Waals surface area contributed by atoms with Crippen molar-refractivity contribution < 1.29 is 4.21 Å². The van der Waals surface area contributed by atoms with Crippen LogP contribution in [0.25, 0.3) is 0 Å². The van der Waals surface area contributed by atoms with Crippen molar-refractivity contribution in [1.82, 2.24) is 0 Å². The van der Waals surface area contributed by atoms with E-state index in [1.165, 1.54) is 0 Å². The fourth-order valence-corrected chi connectivity index (χ4v) is 1.20. The number of hydrogen-bond acceptors (Lipinski definition) is 4. The first-order chi connectivity index (χ1) is 7.79. The lowest BCUT2D eigenvalue weighted by Gasteiger charge is -1.81. The number of thiol groups is 2. The third kappa shape index (κ3) is 8.47. The molecule has 0 aliphatic carbocycles. The molecule has 0 aliphatic heterocycles. The molecule has 0 amide bonds. The fourth-order valence-electron chi connectivity index (χ4n) is 0.856. The van der Waals surface area contributed by atoms with E-state index in [1.807, 2.05) is 60.7 Å². The second-order valence-corrected chi connectivity index (χ2v) is 3.70.